The van der Waals surface area contributed by atoms with Gasteiger partial charge < -0.3 is 9.80 Å². The van der Waals surface area contributed by atoms with E-state index in [1.54, 1.807) is 0 Å². The van der Waals surface area contributed by atoms with E-state index in [1.165, 1.54) is 6.42 Å². The fourth-order valence-electron chi connectivity index (χ4n) is 4.07. The van der Waals surface area contributed by atoms with Gasteiger partial charge in [0.15, 0.2) is 0 Å². The number of carbonyl (C=O) groups is 1. The minimum Gasteiger partial charge on any atom is -0.363 e. The molecule has 1 saturated heterocycles. The van der Waals surface area contributed by atoms with Gasteiger partial charge in [-0.3, -0.25) is 4.79 Å². The maximum Gasteiger partial charge on any atom is 0.272 e. The zero-order valence-corrected chi connectivity index (χ0v) is 17.2. The van der Waals surface area contributed by atoms with Crippen LogP contribution in [0.1, 0.15) is 41.9 Å². The summed E-state index contributed by atoms with van der Waals surface area (Å²) in [4.78, 5) is 26.7. The molecule has 1 aromatic carbocycles. The molecule has 3 heterocycles. The van der Waals surface area contributed by atoms with Crippen molar-refractivity contribution in [2.24, 2.45) is 0 Å². The summed E-state index contributed by atoms with van der Waals surface area (Å²) in [5.41, 5.74) is 2.50. The number of hydrogen-bond acceptors (Lipinski definition) is 4. The van der Waals surface area contributed by atoms with E-state index in [9.17, 15) is 4.79 Å². The lowest BCUT2D eigenvalue weighted by Gasteiger charge is -2.35. The highest BCUT2D eigenvalue weighted by Gasteiger charge is 2.28. The van der Waals surface area contributed by atoms with Crippen molar-refractivity contribution in [3.05, 3.63) is 66.0 Å². The van der Waals surface area contributed by atoms with Gasteiger partial charge in [0.05, 0.1) is 5.52 Å². The molecule has 1 fully saturated rings. The van der Waals surface area contributed by atoms with E-state index in [1.807, 2.05) is 66.4 Å². The number of piperidine rings is 1. The number of carbonyl (C=O) groups excluding carboxylic acids is 1. The van der Waals surface area contributed by atoms with Gasteiger partial charge in [-0.15, -0.1) is 0 Å². The molecule has 1 atom stereocenters. The first-order chi connectivity index (χ1) is 14.1. The van der Waals surface area contributed by atoms with Crippen LogP contribution in [0.25, 0.3) is 10.9 Å². The largest absolute Gasteiger partial charge is 0.363 e. The van der Waals surface area contributed by atoms with Crippen molar-refractivity contribution >= 4 is 22.6 Å². The standard InChI is InChI=1S/C24H28N4O/c1-27(2)23-12-7-9-19(25-23)14-15-20-10-5-6-17-28(20)24(29)22-16-13-18-8-3-4-11-21(18)26-22/h3-4,7-9,11-13,16,20H,5-6,10,14-15,17H2,1-2H3/t20-/m1/s1. The highest BCUT2D eigenvalue weighted by Crippen LogP contribution is 2.24. The van der Waals surface area contributed by atoms with Crippen LogP contribution >= 0.6 is 0 Å². The van der Waals surface area contributed by atoms with Crippen LogP contribution in [0.3, 0.4) is 0 Å². The lowest BCUT2D eigenvalue weighted by Crippen LogP contribution is -2.44. The second-order valence-electron chi connectivity index (χ2n) is 7.96. The number of hydrogen-bond donors (Lipinski definition) is 0. The molecule has 0 spiro atoms. The van der Waals surface area contributed by atoms with Crippen molar-refractivity contribution in [3.8, 4) is 0 Å². The smallest absolute Gasteiger partial charge is 0.272 e. The van der Waals surface area contributed by atoms with Crippen molar-refractivity contribution in [1.29, 1.82) is 0 Å². The van der Waals surface area contributed by atoms with E-state index < -0.39 is 0 Å². The summed E-state index contributed by atoms with van der Waals surface area (Å²) in [6.45, 7) is 0.809. The first-order valence-electron chi connectivity index (χ1n) is 10.4. The average Bonchev–Trinajstić information content (AvgIpc) is 2.77. The Morgan fingerprint density at radius 1 is 1.03 bits per heavy atom. The number of anilines is 1. The molecule has 150 valence electrons. The number of amides is 1. The maximum absolute atomic E-state index is 13.2. The van der Waals surface area contributed by atoms with Gasteiger partial charge in [-0.25, -0.2) is 9.97 Å². The van der Waals surface area contributed by atoms with E-state index in [0.717, 1.165) is 54.6 Å². The molecule has 0 radical (unpaired) electrons. The number of para-hydroxylation sites is 1. The number of pyridine rings is 2. The molecular formula is C24H28N4O. The molecule has 0 aliphatic carbocycles. The quantitative estimate of drug-likeness (QED) is 0.653. The van der Waals surface area contributed by atoms with Crippen molar-refractivity contribution in [2.75, 3.05) is 25.5 Å². The SMILES string of the molecule is CN(C)c1cccc(CC[C@H]2CCCCN2C(=O)c2ccc3ccccc3n2)n1. The molecule has 0 N–H and O–H groups in total. The summed E-state index contributed by atoms with van der Waals surface area (Å²) < 4.78 is 0. The van der Waals surface area contributed by atoms with Gasteiger partial charge in [-0.1, -0.05) is 30.3 Å². The van der Waals surface area contributed by atoms with Crippen molar-refractivity contribution in [3.63, 3.8) is 0 Å². The van der Waals surface area contributed by atoms with Crippen molar-refractivity contribution in [1.82, 2.24) is 14.9 Å². The van der Waals surface area contributed by atoms with Gasteiger partial charge in [0.2, 0.25) is 0 Å². The van der Waals surface area contributed by atoms with Crippen LogP contribution in [0.5, 0.6) is 0 Å². The normalized spacial score (nSPS) is 16.8. The second kappa shape index (κ2) is 8.60. The van der Waals surface area contributed by atoms with Crippen molar-refractivity contribution < 1.29 is 4.79 Å². The highest BCUT2D eigenvalue weighted by molar-refractivity contribution is 5.95. The molecule has 2 aromatic heterocycles. The fraction of sp³-hybridized carbons (Fsp3) is 0.375. The number of aromatic nitrogens is 2. The topological polar surface area (TPSA) is 49.3 Å². The first kappa shape index (κ1) is 19.4. The molecule has 4 rings (SSSR count). The summed E-state index contributed by atoms with van der Waals surface area (Å²) >= 11 is 0. The van der Waals surface area contributed by atoms with E-state index >= 15 is 0 Å². The Labute approximate surface area is 172 Å². The van der Waals surface area contributed by atoms with Gasteiger partial charge in [0, 0.05) is 37.8 Å². The van der Waals surface area contributed by atoms with Gasteiger partial charge >= 0.3 is 0 Å². The Balaban J connectivity index is 1.49. The molecule has 1 amide bonds. The molecule has 1 aliphatic heterocycles. The Kier molecular flexibility index (Phi) is 5.74. The zero-order chi connectivity index (χ0) is 20.2. The predicted octanol–water partition coefficient (Wildman–Crippen LogP) is 4.32. The Morgan fingerprint density at radius 2 is 1.90 bits per heavy atom. The number of benzene rings is 1. The van der Waals surface area contributed by atoms with Gasteiger partial charge in [0.1, 0.15) is 11.5 Å². The van der Waals surface area contributed by atoms with Gasteiger partial charge in [0.25, 0.3) is 5.91 Å². The summed E-state index contributed by atoms with van der Waals surface area (Å²) in [6.07, 6.45) is 5.09. The molecule has 5 heteroatoms. The minimum absolute atomic E-state index is 0.0513. The van der Waals surface area contributed by atoms with Gasteiger partial charge in [-0.2, -0.15) is 0 Å². The van der Waals surface area contributed by atoms with Crippen LogP contribution in [-0.2, 0) is 6.42 Å². The molecule has 5 nitrogen and oxygen atoms in total. The van der Waals surface area contributed by atoms with Crippen LogP contribution < -0.4 is 4.90 Å². The maximum atomic E-state index is 13.2. The second-order valence-corrected chi connectivity index (χ2v) is 7.96. The lowest BCUT2D eigenvalue weighted by atomic mass is 9.96. The number of aryl methyl sites for hydroxylation is 1. The first-order valence-corrected chi connectivity index (χ1v) is 10.4. The van der Waals surface area contributed by atoms with Crippen LogP contribution in [-0.4, -0.2) is 47.5 Å². The predicted molar refractivity (Wildman–Crippen MR) is 117 cm³/mol. The van der Waals surface area contributed by atoms with E-state index in [0.29, 0.717) is 5.69 Å². The number of likely N-dealkylation sites (tertiary alicyclic amines) is 1. The Morgan fingerprint density at radius 3 is 2.76 bits per heavy atom. The molecule has 0 saturated carbocycles. The fourth-order valence-corrected chi connectivity index (χ4v) is 4.07. The molecule has 29 heavy (non-hydrogen) atoms. The van der Waals surface area contributed by atoms with Gasteiger partial charge in [-0.05, 0) is 56.4 Å². The third-order valence-corrected chi connectivity index (χ3v) is 5.69. The van der Waals surface area contributed by atoms with Crippen molar-refractivity contribution in [2.45, 2.75) is 38.1 Å². The summed E-state index contributed by atoms with van der Waals surface area (Å²) in [7, 11) is 4.01. The molecule has 3 aromatic rings. The summed E-state index contributed by atoms with van der Waals surface area (Å²) in [5, 5.41) is 1.06. The highest BCUT2D eigenvalue weighted by atomic mass is 16.2. The van der Waals surface area contributed by atoms with Crippen LogP contribution in [0, 0.1) is 0 Å². The lowest BCUT2D eigenvalue weighted by molar-refractivity contribution is 0.0596. The Hall–Kier alpha value is -2.95. The van der Waals surface area contributed by atoms with E-state index in [2.05, 4.69) is 17.1 Å². The van der Waals surface area contributed by atoms with Crippen LogP contribution in [0.4, 0.5) is 5.82 Å². The molecule has 0 unspecified atom stereocenters. The number of fused-ring (bicyclic) bond motifs is 1. The van der Waals surface area contributed by atoms with E-state index in [4.69, 9.17) is 4.98 Å². The summed E-state index contributed by atoms with van der Waals surface area (Å²) in [6, 6.07) is 18.2. The molecule has 1 aliphatic rings. The molecular weight excluding hydrogens is 360 g/mol. The van der Waals surface area contributed by atoms with Crippen LogP contribution in [0.15, 0.2) is 54.6 Å². The minimum atomic E-state index is 0.0513. The third-order valence-electron chi connectivity index (χ3n) is 5.69. The van der Waals surface area contributed by atoms with Crippen LogP contribution in [0.2, 0.25) is 0 Å². The third kappa shape index (κ3) is 4.39. The monoisotopic (exact) mass is 388 g/mol. The van der Waals surface area contributed by atoms with E-state index in [-0.39, 0.29) is 11.9 Å². The summed E-state index contributed by atoms with van der Waals surface area (Å²) in [5.74, 6) is 1.02. The number of nitrogens with zero attached hydrogens (tertiary/aromatic N) is 4. The molecule has 0 bridgehead atoms. The Bertz CT molecular complexity index is 1000. The number of rotatable bonds is 5. The average molecular weight is 389 g/mol. The zero-order valence-electron chi connectivity index (χ0n) is 17.2.